The Labute approximate surface area is 95.4 Å². The quantitative estimate of drug-likeness (QED) is 0.597. The fraction of sp³-hybridized carbons (Fsp3) is 0.364. The summed E-state index contributed by atoms with van der Waals surface area (Å²) in [7, 11) is 0. The van der Waals surface area contributed by atoms with E-state index in [4.69, 9.17) is 0 Å². The molecule has 0 amide bonds. The van der Waals surface area contributed by atoms with Crippen LogP contribution >= 0.6 is 0 Å². The summed E-state index contributed by atoms with van der Waals surface area (Å²) < 4.78 is 52.4. The highest BCUT2D eigenvalue weighted by Crippen LogP contribution is 2.25. The molecule has 2 nitrogen and oxygen atoms in total. The van der Waals surface area contributed by atoms with Gasteiger partial charge in [0.05, 0.1) is 0 Å². The van der Waals surface area contributed by atoms with Crippen molar-refractivity contribution < 1.29 is 17.6 Å². The number of nitrogens with zero attached hydrogens (tertiary/aromatic N) is 1. The van der Waals surface area contributed by atoms with Crippen molar-refractivity contribution in [1.29, 1.82) is 0 Å². The smallest absolute Gasteiger partial charge is 0.185 e. The Kier molecular flexibility index (Phi) is 3.31. The van der Waals surface area contributed by atoms with Crippen molar-refractivity contribution in [2.24, 2.45) is 4.99 Å². The number of halogens is 4. The van der Waals surface area contributed by atoms with Gasteiger partial charge in [0.25, 0.3) is 0 Å². The van der Waals surface area contributed by atoms with E-state index < -0.39 is 29.0 Å². The van der Waals surface area contributed by atoms with Crippen LogP contribution in [0.4, 0.5) is 23.2 Å². The first-order valence-electron chi connectivity index (χ1n) is 5.23. The largest absolute Gasteiger partial charge is 0.339 e. The summed E-state index contributed by atoms with van der Waals surface area (Å²) in [5.74, 6) is -5.38. The van der Waals surface area contributed by atoms with Crippen LogP contribution in [0.1, 0.15) is 19.3 Å². The van der Waals surface area contributed by atoms with E-state index in [1.165, 1.54) is 0 Å². The van der Waals surface area contributed by atoms with Crippen LogP contribution in [0.2, 0.25) is 0 Å². The van der Waals surface area contributed by atoms with Crippen LogP contribution < -0.4 is 5.32 Å². The van der Waals surface area contributed by atoms with Crippen LogP contribution in [-0.2, 0) is 0 Å². The average molecular weight is 246 g/mol. The standard InChI is InChI=1S/C11H10F4N2/c12-6-5-7(13)10(15)11(9(6)14)17-8-3-1-2-4-16-8/h5H,1-4H2,(H,16,17). The maximum absolute atomic E-state index is 13.3. The van der Waals surface area contributed by atoms with Gasteiger partial charge in [-0.2, -0.15) is 0 Å². The minimum absolute atomic E-state index is 0.179. The molecule has 1 aromatic rings. The van der Waals surface area contributed by atoms with Crippen LogP contribution in [0, 0.1) is 23.3 Å². The van der Waals surface area contributed by atoms with Crippen LogP contribution in [0.25, 0.3) is 0 Å². The number of aliphatic imine (C=N–C) groups is 1. The molecule has 0 radical (unpaired) electrons. The second kappa shape index (κ2) is 4.73. The molecule has 1 aromatic carbocycles. The van der Waals surface area contributed by atoms with Crippen LogP contribution in [-0.4, -0.2) is 12.4 Å². The van der Waals surface area contributed by atoms with E-state index in [0.717, 1.165) is 12.8 Å². The molecule has 0 aliphatic carbocycles. The molecule has 0 saturated heterocycles. The minimum Gasteiger partial charge on any atom is -0.339 e. The summed E-state index contributed by atoms with van der Waals surface area (Å²) in [4.78, 5) is 3.99. The third-order valence-corrected chi connectivity index (χ3v) is 2.51. The lowest BCUT2D eigenvalue weighted by molar-refractivity contribution is 0.459. The van der Waals surface area contributed by atoms with Gasteiger partial charge in [-0.1, -0.05) is 0 Å². The van der Waals surface area contributed by atoms with Crippen molar-refractivity contribution in [1.82, 2.24) is 0 Å². The molecule has 6 heteroatoms. The number of benzene rings is 1. The minimum atomic E-state index is -1.43. The predicted molar refractivity (Wildman–Crippen MR) is 56.0 cm³/mol. The van der Waals surface area contributed by atoms with Crippen LogP contribution in [0.5, 0.6) is 0 Å². The molecule has 0 spiro atoms. The number of nitrogens with one attached hydrogen (secondary N) is 1. The molecule has 92 valence electrons. The predicted octanol–water partition coefficient (Wildman–Crippen LogP) is 3.24. The summed E-state index contributed by atoms with van der Waals surface area (Å²) >= 11 is 0. The zero-order valence-electron chi connectivity index (χ0n) is 8.86. The molecule has 0 fully saturated rings. The number of hydrogen-bond acceptors (Lipinski definition) is 2. The van der Waals surface area contributed by atoms with E-state index in [9.17, 15) is 17.6 Å². The molecule has 1 heterocycles. The Morgan fingerprint density at radius 1 is 1.00 bits per heavy atom. The lowest BCUT2D eigenvalue weighted by Crippen LogP contribution is -2.18. The Hall–Kier alpha value is -1.59. The third kappa shape index (κ3) is 2.40. The van der Waals surface area contributed by atoms with Gasteiger partial charge in [-0.3, -0.25) is 4.99 Å². The highest BCUT2D eigenvalue weighted by molar-refractivity contribution is 5.96. The summed E-state index contributed by atoms with van der Waals surface area (Å²) in [5, 5.41) is 2.32. The Morgan fingerprint density at radius 3 is 2.18 bits per heavy atom. The van der Waals surface area contributed by atoms with Gasteiger partial charge in [0.1, 0.15) is 11.5 Å². The normalized spacial score (nSPS) is 15.6. The lowest BCUT2D eigenvalue weighted by Gasteiger charge is -2.15. The molecule has 1 aliphatic heterocycles. The van der Waals surface area contributed by atoms with Crippen molar-refractivity contribution in [3.05, 3.63) is 29.3 Å². The SMILES string of the molecule is Fc1cc(F)c(F)c(NC2=NCCCC2)c1F. The molecule has 0 saturated carbocycles. The molecule has 0 unspecified atom stereocenters. The number of amidine groups is 1. The van der Waals surface area contributed by atoms with Crippen molar-refractivity contribution in [2.45, 2.75) is 19.3 Å². The molecule has 1 aliphatic rings. The molecular weight excluding hydrogens is 236 g/mol. The monoisotopic (exact) mass is 246 g/mol. The fourth-order valence-electron chi connectivity index (χ4n) is 1.63. The Bertz CT molecular complexity index is 445. The van der Waals surface area contributed by atoms with E-state index in [-0.39, 0.29) is 6.07 Å². The number of hydrogen-bond donors (Lipinski definition) is 1. The van der Waals surface area contributed by atoms with Crippen molar-refractivity contribution >= 4 is 11.5 Å². The van der Waals surface area contributed by atoms with E-state index in [0.29, 0.717) is 18.8 Å². The molecule has 0 atom stereocenters. The zero-order valence-corrected chi connectivity index (χ0v) is 8.86. The van der Waals surface area contributed by atoms with Crippen LogP contribution in [0.15, 0.2) is 11.1 Å². The second-order valence-corrected chi connectivity index (χ2v) is 3.75. The second-order valence-electron chi connectivity index (χ2n) is 3.75. The van der Waals surface area contributed by atoms with Gasteiger partial charge in [0.15, 0.2) is 23.3 Å². The molecular formula is C11H10F4N2. The van der Waals surface area contributed by atoms with Crippen molar-refractivity contribution in [3.63, 3.8) is 0 Å². The van der Waals surface area contributed by atoms with Crippen molar-refractivity contribution in [3.8, 4) is 0 Å². The summed E-state index contributed by atoms with van der Waals surface area (Å²) in [6, 6.07) is 0.179. The maximum atomic E-state index is 13.3. The van der Waals surface area contributed by atoms with E-state index in [2.05, 4.69) is 10.3 Å². The van der Waals surface area contributed by atoms with Gasteiger partial charge in [0, 0.05) is 19.0 Å². The topological polar surface area (TPSA) is 24.4 Å². The van der Waals surface area contributed by atoms with Crippen molar-refractivity contribution in [2.75, 3.05) is 11.9 Å². The lowest BCUT2D eigenvalue weighted by atomic mass is 10.1. The molecule has 1 N–H and O–H groups in total. The fourth-order valence-corrected chi connectivity index (χ4v) is 1.63. The Morgan fingerprint density at radius 2 is 1.65 bits per heavy atom. The third-order valence-electron chi connectivity index (χ3n) is 2.51. The average Bonchev–Trinajstić information content (AvgIpc) is 2.33. The zero-order chi connectivity index (χ0) is 12.4. The molecule has 2 rings (SSSR count). The maximum Gasteiger partial charge on any atom is 0.185 e. The summed E-state index contributed by atoms with van der Waals surface area (Å²) in [6.45, 7) is 0.545. The molecule has 17 heavy (non-hydrogen) atoms. The Balaban J connectivity index is 2.34. The van der Waals surface area contributed by atoms with Gasteiger partial charge >= 0.3 is 0 Å². The van der Waals surface area contributed by atoms with Gasteiger partial charge in [-0.25, -0.2) is 17.6 Å². The first-order chi connectivity index (χ1) is 8.09. The molecule has 0 aromatic heterocycles. The van der Waals surface area contributed by atoms with E-state index in [1.807, 2.05) is 0 Å². The highest BCUT2D eigenvalue weighted by Gasteiger charge is 2.20. The first-order valence-corrected chi connectivity index (χ1v) is 5.23. The van der Waals surface area contributed by atoms with E-state index in [1.54, 1.807) is 0 Å². The van der Waals surface area contributed by atoms with Gasteiger partial charge in [-0.05, 0) is 12.8 Å². The van der Waals surface area contributed by atoms with Crippen LogP contribution in [0.3, 0.4) is 0 Å². The first kappa shape index (κ1) is 11.9. The van der Waals surface area contributed by atoms with E-state index >= 15 is 0 Å². The number of anilines is 1. The molecule has 0 bridgehead atoms. The summed E-state index contributed by atoms with van der Waals surface area (Å²) in [5.41, 5.74) is -0.817. The summed E-state index contributed by atoms with van der Waals surface area (Å²) in [6.07, 6.45) is 2.23. The van der Waals surface area contributed by atoms with Gasteiger partial charge in [-0.15, -0.1) is 0 Å². The number of rotatable bonds is 1. The van der Waals surface area contributed by atoms with Gasteiger partial charge in [0.2, 0.25) is 0 Å². The van der Waals surface area contributed by atoms with Gasteiger partial charge < -0.3 is 5.32 Å². The highest BCUT2D eigenvalue weighted by atomic mass is 19.2.